The maximum Gasteiger partial charge on any atom is 0.124 e. The number of imidazole rings is 1. The van der Waals surface area contributed by atoms with Crippen LogP contribution < -0.4 is 0 Å². The lowest BCUT2D eigenvalue weighted by Crippen LogP contribution is -2.25. The third kappa shape index (κ3) is 2.63. The molecule has 1 atom stereocenters. The van der Waals surface area contributed by atoms with Crippen molar-refractivity contribution in [2.24, 2.45) is 0 Å². The van der Waals surface area contributed by atoms with Crippen molar-refractivity contribution in [3.63, 3.8) is 0 Å². The van der Waals surface area contributed by atoms with Gasteiger partial charge in [0.2, 0.25) is 0 Å². The minimum absolute atomic E-state index is 0.300. The van der Waals surface area contributed by atoms with Gasteiger partial charge in [-0.05, 0) is 43.9 Å². The quantitative estimate of drug-likeness (QED) is 0.802. The van der Waals surface area contributed by atoms with Gasteiger partial charge in [0.15, 0.2) is 0 Å². The number of benzene rings is 1. The van der Waals surface area contributed by atoms with Gasteiger partial charge in [0.05, 0.1) is 29.6 Å². The first kappa shape index (κ1) is 12.9. The molecule has 3 nitrogen and oxygen atoms in total. The van der Waals surface area contributed by atoms with Crippen LogP contribution in [0.25, 0.3) is 11.0 Å². The lowest BCUT2D eigenvalue weighted by Gasteiger charge is -2.23. The fraction of sp³-hybridized carbons (Fsp3) is 0.533. The molecule has 0 spiro atoms. The van der Waals surface area contributed by atoms with Crippen molar-refractivity contribution in [1.29, 1.82) is 0 Å². The first-order valence-electron chi connectivity index (χ1n) is 6.91. The summed E-state index contributed by atoms with van der Waals surface area (Å²) in [7, 11) is 0. The summed E-state index contributed by atoms with van der Waals surface area (Å²) in [5.41, 5.74) is 3.43. The third-order valence-corrected chi connectivity index (χ3v) is 4.00. The Hall–Kier alpha value is -1.06. The molecule has 4 heteroatoms. The Morgan fingerprint density at radius 2 is 2.32 bits per heavy atom. The summed E-state index contributed by atoms with van der Waals surface area (Å²) < 4.78 is 8.05. The highest BCUT2D eigenvalue weighted by molar-refractivity contribution is 6.16. The molecule has 102 valence electrons. The summed E-state index contributed by atoms with van der Waals surface area (Å²) >= 11 is 6.04. The largest absolute Gasteiger partial charge is 0.376 e. The molecule has 1 aromatic carbocycles. The zero-order valence-corrected chi connectivity index (χ0v) is 12.0. The molecule has 1 saturated heterocycles. The van der Waals surface area contributed by atoms with E-state index in [1.165, 1.54) is 18.4 Å². The first-order chi connectivity index (χ1) is 9.28. The fourth-order valence-corrected chi connectivity index (χ4v) is 2.95. The number of hydrogen-bond donors (Lipinski definition) is 0. The smallest absolute Gasteiger partial charge is 0.124 e. The molecule has 0 amide bonds. The number of aryl methyl sites for hydroxylation is 1. The first-order valence-corrected chi connectivity index (χ1v) is 7.44. The fourth-order valence-electron chi connectivity index (χ4n) is 2.75. The predicted octanol–water partition coefficient (Wildman–Crippen LogP) is 3.65. The molecule has 2 heterocycles. The number of halogens is 1. The van der Waals surface area contributed by atoms with Crippen molar-refractivity contribution in [2.45, 2.75) is 44.7 Å². The number of ether oxygens (including phenoxy) is 1. The Kier molecular flexibility index (Phi) is 3.76. The second-order valence-electron chi connectivity index (χ2n) is 5.25. The Balaban J connectivity index is 1.95. The molecular formula is C15H19ClN2O. The van der Waals surface area contributed by atoms with Crippen molar-refractivity contribution in [3.8, 4) is 0 Å². The molecule has 1 fully saturated rings. The molecule has 19 heavy (non-hydrogen) atoms. The van der Waals surface area contributed by atoms with E-state index in [0.29, 0.717) is 12.0 Å². The lowest BCUT2D eigenvalue weighted by atomic mass is 10.1. The van der Waals surface area contributed by atoms with E-state index in [1.807, 2.05) is 0 Å². The van der Waals surface area contributed by atoms with Crippen molar-refractivity contribution in [2.75, 3.05) is 6.61 Å². The van der Waals surface area contributed by atoms with E-state index < -0.39 is 0 Å². The molecule has 0 aliphatic carbocycles. The van der Waals surface area contributed by atoms with E-state index in [2.05, 4.69) is 34.7 Å². The number of rotatable bonds is 3. The van der Waals surface area contributed by atoms with Gasteiger partial charge < -0.3 is 9.30 Å². The maximum absolute atomic E-state index is 6.04. The Morgan fingerprint density at radius 3 is 3.05 bits per heavy atom. The average Bonchev–Trinajstić information content (AvgIpc) is 2.77. The second-order valence-corrected chi connectivity index (χ2v) is 5.52. The Labute approximate surface area is 118 Å². The van der Waals surface area contributed by atoms with E-state index in [4.69, 9.17) is 16.3 Å². The summed E-state index contributed by atoms with van der Waals surface area (Å²) in [6, 6.07) is 6.38. The van der Waals surface area contributed by atoms with Crippen LogP contribution >= 0.6 is 11.6 Å². The second kappa shape index (κ2) is 5.51. The van der Waals surface area contributed by atoms with Crippen LogP contribution in [0, 0.1) is 6.92 Å². The molecule has 0 saturated carbocycles. The van der Waals surface area contributed by atoms with E-state index in [0.717, 1.165) is 36.4 Å². The molecular weight excluding hydrogens is 260 g/mol. The zero-order chi connectivity index (χ0) is 13.2. The van der Waals surface area contributed by atoms with Gasteiger partial charge in [-0.1, -0.05) is 6.07 Å². The van der Waals surface area contributed by atoms with Crippen LogP contribution in [0.15, 0.2) is 18.2 Å². The van der Waals surface area contributed by atoms with E-state index in [-0.39, 0.29) is 0 Å². The molecule has 3 rings (SSSR count). The van der Waals surface area contributed by atoms with Crippen LogP contribution in [0.3, 0.4) is 0 Å². The van der Waals surface area contributed by atoms with Crippen LogP contribution in [0.2, 0.25) is 0 Å². The summed E-state index contributed by atoms with van der Waals surface area (Å²) in [6.07, 6.45) is 3.87. The van der Waals surface area contributed by atoms with Gasteiger partial charge in [-0.3, -0.25) is 0 Å². The van der Waals surface area contributed by atoms with E-state index in [9.17, 15) is 0 Å². The van der Waals surface area contributed by atoms with Gasteiger partial charge >= 0.3 is 0 Å². The minimum atomic E-state index is 0.300. The highest BCUT2D eigenvalue weighted by Gasteiger charge is 2.18. The normalized spacial score (nSPS) is 20.0. The Bertz CT molecular complexity index is 573. The van der Waals surface area contributed by atoms with E-state index >= 15 is 0 Å². The number of nitrogens with zero attached hydrogens (tertiary/aromatic N) is 2. The predicted molar refractivity (Wildman–Crippen MR) is 77.6 cm³/mol. The monoisotopic (exact) mass is 278 g/mol. The van der Waals surface area contributed by atoms with Crippen LogP contribution in [-0.4, -0.2) is 22.3 Å². The van der Waals surface area contributed by atoms with Crippen molar-refractivity contribution < 1.29 is 4.74 Å². The van der Waals surface area contributed by atoms with Crippen molar-refractivity contribution >= 4 is 22.6 Å². The number of hydrogen-bond acceptors (Lipinski definition) is 2. The number of alkyl halides is 1. The molecule has 1 aliphatic rings. The molecule has 0 bridgehead atoms. The Morgan fingerprint density at radius 1 is 1.42 bits per heavy atom. The molecule has 1 unspecified atom stereocenters. The average molecular weight is 279 g/mol. The van der Waals surface area contributed by atoms with Gasteiger partial charge in [0, 0.05) is 6.61 Å². The van der Waals surface area contributed by atoms with E-state index in [1.54, 1.807) is 0 Å². The minimum Gasteiger partial charge on any atom is -0.376 e. The molecule has 0 radical (unpaired) electrons. The third-order valence-electron chi connectivity index (χ3n) is 3.76. The van der Waals surface area contributed by atoms with Gasteiger partial charge in [-0.15, -0.1) is 11.6 Å². The van der Waals surface area contributed by atoms with Crippen molar-refractivity contribution in [3.05, 3.63) is 29.6 Å². The van der Waals surface area contributed by atoms with Gasteiger partial charge in [0.1, 0.15) is 5.82 Å². The zero-order valence-electron chi connectivity index (χ0n) is 11.2. The molecule has 1 aromatic heterocycles. The van der Waals surface area contributed by atoms with Gasteiger partial charge in [-0.2, -0.15) is 0 Å². The summed E-state index contributed by atoms with van der Waals surface area (Å²) in [4.78, 5) is 4.63. The van der Waals surface area contributed by atoms with Crippen LogP contribution in [0.4, 0.5) is 0 Å². The molecule has 0 N–H and O–H groups in total. The lowest BCUT2D eigenvalue weighted by molar-refractivity contribution is 0.00627. The van der Waals surface area contributed by atoms with Crippen LogP contribution in [0.1, 0.15) is 30.7 Å². The molecule has 1 aliphatic heterocycles. The number of fused-ring (bicyclic) bond motifs is 1. The topological polar surface area (TPSA) is 27.1 Å². The highest BCUT2D eigenvalue weighted by atomic mass is 35.5. The van der Waals surface area contributed by atoms with Gasteiger partial charge in [0.25, 0.3) is 0 Å². The standard InChI is InChI=1S/C15H19ClN2O/c1-11-5-6-14-13(8-11)17-15(9-16)18(14)10-12-4-2-3-7-19-12/h5-6,8,12H,2-4,7,9-10H2,1H3. The van der Waals surface area contributed by atoms with Crippen molar-refractivity contribution in [1.82, 2.24) is 9.55 Å². The SMILES string of the molecule is Cc1ccc2c(c1)nc(CCl)n2CC1CCCCO1. The summed E-state index contributed by atoms with van der Waals surface area (Å²) in [6.45, 7) is 3.83. The number of aromatic nitrogens is 2. The highest BCUT2D eigenvalue weighted by Crippen LogP contribution is 2.22. The van der Waals surface area contributed by atoms with Crippen LogP contribution in [-0.2, 0) is 17.2 Å². The summed E-state index contributed by atoms with van der Waals surface area (Å²) in [5, 5.41) is 0. The summed E-state index contributed by atoms with van der Waals surface area (Å²) in [5.74, 6) is 1.39. The van der Waals surface area contributed by atoms with Crippen LogP contribution in [0.5, 0.6) is 0 Å². The van der Waals surface area contributed by atoms with Gasteiger partial charge in [-0.25, -0.2) is 4.98 Å². The maximum atomic E-state index is 6.04. The molecule has 2 aromatic rings.